The summed E-state index contributed by atoms with van der Waals surface area (Å²) in [7, 11) is 1.59. The average Bonchev–Trinajstić information content (AvgIpc) is 2.86. The lowest BCUT2D eigenvalue weighted by atomic mass is 10.1. The van der Waals surface area contributed by atoms with Gasteiger partial charge in [-0.2, -0.15) is 0 Å². The van der Waals surface area contributed by atoms with Gasteiger partial charge in [0, 0.05) is 24.3 Å². The Morgan fingerprint density at radius 3 is 2.95 bits per heavy atom. The Kier molecular flexibility index (Phi) is 5.25. The number of carbonyl (C=O) groups excluding carboxylic acids is 1. The molecule has 0 aromatic heterocycles. The number of urea groups is 1. The highest BCUT2D eigenvalue weighted by atomic mass is 79.9. The number of benzene rings is 1. The second-order valence-electron chi connectivity index (χ2n) is 4.93. The maximum absolute atomic E-state index is 11.9. The molecule has 1 saturated carbocycles. The number of amides is 2. The van der Waals surface area contributed by atoms with Crippen molar-refractivity contribution >= 4 is 27.6 Å². The Morgan fingerprint density at radius 2 is 2.30 bits per heavy atom. The van der Waals surface area contributed by atoms with Gasteiger partial charge in [-0.25, -0.2) is 4.79 Å². The third-order valence-corrected chi connectivity index (χ3v) is 4.24. The van der Waals surface area contributed by atoms with Crippen LogP contribution in [-0.2, 0) is 0 Å². The summed E-state index contributed by atoms with van der Waals surface area (Å²) in [5, 5.41) is 14.9. The summed E-state index contributed by atoms with van der Waals surface area (Å²) in [5.41, 5.74) is 0.689. The lowest BCUT2D eigenvalue weighted by Gasteiger charge is -2.19. The van der Waals surface area contributed by atoms with E-state index in [4.69, 9.17) is 4.74 Å². The number of hydrogen-bond donors (Lipinski definition) is 3. The molecule has 0 spiro atoms. The molecule has 2 amide bonds. The minimum atomic E-state index is -0.243. The van der Waals surface area contributed by atoms with Gasteiger partial charge >= 0.3 is 6.03 Å². The summed E-state index contributed by atoms with van der Waals surface area (Å²) in [6.45, 7) is 0.124. The van der Waals surface area contributed by atoms with E-state index in [-0.39, 0.29) is 24.6 Å². The molecule has 2 atom stereocenters. The maximum Gasteiger partial charge on any atom is 0.319 e. The zero-order chi connectivity index (χ0) is 14.5. The molecular weight excluding hydrogens is 324 g/mol. The number of anilines is 1. The monoisotopic (exact) mass is 342 g/mol. The quantitative estimate of drug-likeness (QED) is 0.787. The van der Waals surface area contributed by atoms with Gasteiger partial charge in [0.25, 0.3) is 0 Å². The number of aliphatic hydroxyl groups is 1. The molecule has 6 heteroatoms. The lowest BCUT2D eigenvalue weighted by Crippen LogP contribution is -2.41. The van der Waals surface area contributed by atoms with E-state index in [9.17, 15) is 9.90 Å². The highest BCUT2D eigenvalue weighted by Crippen LogP contribution is 2.28. The van der Waals surface area contributed by atoms with Crippen LogP contribution in [0.4, 0.5) is 10.5 Å². The standard InChI is InChI=1S/C14H19BrN2O3/c1-20-13-6-5-10(7-11(13)15)16-14(19)17-12-4-2-3-9(12)8-18/h5-7,9,12,18H,2-4,8H2,1H3,(H2,16,17,19)/t9-,12+/m0/s1. The molecule has 1 aliphatic rings. The van der Waals surface area contributed by atoms with Crippen molar-refractivity contribution in [2.24, 2.45) is 5.92 Å². The minimum absolute atomic E-state index is 0.0571. The summed E-state index contributed by atoms with van der Waals surface area (Å²) in [6, 6.07) is 5.16. The van der Waals surface area contributed by atoms with Gasteiger partial charge in [0.1, 0.15) is 5.75 Å². The van der Waals surface area contributed by atoms with E-state index in [1.54, 1.807) is 25.3 Å². The number of halogens is 1. The molecule has 0 heterocycles. The fraction of sp³-hybridized carbons (Fsp3) is 0.500. The number of hydrogen-bond acceptors (Lipinski definition) is 3. The van der Waals surface area contributed by atoms with Crippen molar-refractivity contribution in [1.82, 2.24) is 5.32 Å². The SMILES string of the molecule is COc1ccc(NC(=O)N[C@@H]2CCC[C@H]2CO)cc1Br. The van der Waals surface area contributed by atoms with Crippen LogP contribution in [0.2, 0.25) is 0 Å². The maximum atomic E-state index is 11.9. The molecular formula is C14H19BrN2O3. The summed E-state index contributed by atoms with van der Waals surface area (Å²) in [6.07, 6.45) is 2.94. The first kappa shape index (κ1) is 15.1. The van der Waals surface area contributed by atoms with Crippen molar-refractivity contribution in [3.8, 4) is 5.75 Å². The van der Waals surface area contributed by atoms with E-state index in [0.717, 1.165) is 23.7 Å². The summed E-state index contributed by atoms with van der Waals surface area (Å²) in [4.78, 5) is 11.9. The fourth-order valence-corrected chi connectivity index (χ4v) is 3.07. The van der Waals surface area contributed by atoms with Crippen molar-refractivity contribution < 1.29 is 14.6 Å². The summed E-state index contributed by atoms with van der Waals surface area (Å²) in [5.74, 6) is 0.885. The second-order valence-corrected chi connectivity index (χ2v) is 5.78. The molecule has 20 heavy (non-hydrogen) atoms. The van der Waals surface area contributed by atoms with Crippen LogP contribution in [0.15, 0.2) is 22.7 Å². The van der Waals surface area contributed by atoms with E-state index in [2.05, 4.69) is 26.6 Å². The topological polar surface area (TPSA) is 70.6 Å². The molecule has 0 radical (unpaired) electrons. The zero-order valence-electron chi connectivity index (χ0n) is 11.4. The highest BCUT2D eigenvalue weighted by molar-refractivity contribution is 9.10. The van der Waals surface area contributed by atoms with Crippen molar-refractivity contribution in [1.29, 1.82) is 0 Å². The van der Waals surface area contributed by atoms with Gasteiger partial charge < -0.3 is 20.5 Å². The minimum Gasteiger partial charge on any atom is -0.496 e. The van der Waals surface area contributed by atoms with E-state index in [1.807, 2.05) is 0 Å². The third kappa shape index (κ3) is 3.64. The average molecular weight is 343 g/mol. The summed E-state index contributed by atoms with van der Waals surface area (Å²) < 4.78 is 5.92. The van der Waals surface area contributed by atoms with Gasteiger partial charge in [0.05, 0.1) is 11.6 Å². The van der Waals surface area contributed by atoms with Crippen LogP contribution < -0.4 is 15.4 Å². The molecule has 1 aliphatic carbocycles. The molecule has 0 saturated heterocycles. The molecule has 1 fully saturated rings. The smallest absolute Gasteiger partial charge is 0.319 e. The normalized spacial score (nSPS) is 21.6. The van der Waals surface area contributed by atoms with E-state index in [0.29, 0.717) is 11.4 Å². The van der Waals surface area contributed by atoms with Crippen molar-refractivity contribution in [3.05, 3.63) is 22.7 Å². The van der Waals surface area contributed by atoms with Gasteiger partial charge in [0.15, 0.2) is 0 Å². The molecule has 1 aromatic carbocycles. The van der Waals surface area contributed by atoms with Crippen LogP contribution in [-0.4, -0.2) is 30.9 Å². The van der Waals surface area contributed by atoms with Crippen LogP contribution in [0.3, 0.4) is 0 Å². The van der Waals surface area contributed by atoms with Crippen molar-refractivity contribution in [2.45, 2.75) is 25.3 Å². The van der Waals surface area contributed by atoms with Crippen molar-refractivity contribution in [2.75, 3.05) is 19.0 Å². The lowest BCUT2D eigenvalue weighted by molar-refractivity contribution is 0.203. The Bertz CT molecular complexity index is 481. The van der Waals surface area contributed by atoms with E-state index in [1.165, 1.54) is 0 Å². The van der Waals surface area contributed by atoms with Gasteiger partial charge in [0.2, 0.25) is 0 Å². The van der Waals surface area contributed by atoms with Crippen LogP contribution >= 0.6 is 15.9 Å². The third-order valence-electron chi connectivity index (χ3n) is 3.62. The number of aliphatic hydroxyl groups excluding tert-OH is 1. The Labute approximate surface area is 126 Å². The van der Waals surface area contributed by atoms with Crippen LogP contribution in [0, 0.1) is 5.92 Å². The van der Waals surface area contributed by atoms with Crippen LogP contribution in [0.1, 0.15) is 19.3 Å². The molecule has 5 nitrogen and oxygen atoms in total. The number of ether oxygens (including phenoxy) is 1. The molecule has 3 N–H and O–H groups in total. The predicted octanol–water partition coefficient (Wildman–Crippen LogP) is 2.74. The summed E-state index contributed by atoms with van der Waals surface area (Å²) >= 11 is 3.38. The Balaban J connectivity index is 1.92. The van der Waals surface area contributed by atoms with Gasteiger partial charge in [-0.15, -0.1) is 0 Å². The van der Waals surface area contributed by atoms with Gasteiger partial charge in [-0.05, 0) is 47.0 Å². The number of carbonyl (C=O) groups is 1. The fourth-order valence-electron chi connectivity index (χ4n) is 2.53. The Hall–Kier alpha value is -1.27. The number of nitrogens with one attached hydrogen (secondary N) is 2. The van der Waals surface area contributed by atoms with Crippen molar-refractivity contribution in [3.63, 3.8) is 0 Å². The number of rotatable bonds is 4. The number of methoxy groups -OCH3 is 1. The Morgan fingerprint density at radius 1 is 1.50 bits per heavy atom. The molecule has 0 unspecified atom stereocenters. The van der Waals surface area contributed by atoms with Gasteiger partial charge in [-0.1, -0.05) is 6.42 Å². The largest absolute Gasteiger partial charge is 0.496 e. The molecule has 1 aromatic rings. The molecule has 0 aliphatic heterocycles. The molecule has 0 bridgehead atoms. The highest BCUT2D eigenvalue weighted by Gasteiger charge is 2.27. The van der Waals surface area contributed by atoms with Crippen LogP contribution in [0.25, 0.3) is 0 Å². The first-order chi connectivity index (χ1) is 9.63. The second kappa shape index (κ2) is 6.95. The first-order valence-corrected chi connectivity index (χ1v) is 7.45. The predicted molar refractivity (Wildman–Crippen MR) is 81.1 cm³/mol. The van der Waals surface area contributed by atoms with Crippen LogP contribution in [0.5, 0.6) is 5.75 Å². The van der Waals surface area contributed by atoms with E-state index < -0.39 is 0 Å². The molecule has 2 rings (SSSR count). The van der Waals surface area contributed by atoms with Gasteiger partial charge in [-0.3, -0.25) is 0 Å². The zero-order valence-corrected chi connectivity index (χ0v) is 12.9. The van der Waals surface area contributed by atoms with E-state index >= 15 is 0 Å². The molecule has 110 valence electrons. The first-order valence-electron chi connectivity index (χ1n) is 6.66.